The minimum absolute atomic E-state index is 0.0515. The standard InChI is InChI=1S/C16H18N2O2S/c1-9-11-6-4-5-7-13(11)21-15(9)10(2)17-12-8-14(19)18(3)16(12)20/h4-7,10,12,17H,8H2,1-3H3. The molecule has 1 aromatic carbocycles. The maximum atomic E-state index is 12.0. The van der Waals surface area contributed by atoms with Gasteiger partial charge in [0.2, 0.25) is 11.8 Å². The lowest BCUT2D eigenvalue weighted by atomic mass is 10.1. The Balaban J connectivity index is 1.84. The van der Waals surface area contributed by atoms with E-state index in [0.29, 0.717) is 0 Å². The highest BCUT2D eigenvalue weighted by molar-refractivity contribution is 7.19. The van der Waals surface area contributed by atoms with Crippen LogP contribution in [0.1, 0.15) is 29.8 Å². The number of carbonyl (C=O) groups excluding carboxylic acids is 2. The second-order valence-electron chi connectivity index (χ2n) is 5.52. The lowest BCUT2D eigenvalue weighted by Gasteiger charge is -2.17. The number of hydrogen-bond donors (Lipinski definition) is 1. The van der Waals surface area contributed by atoms with E-state index in [0.717, 1.165) is 0 Å². The zero-order valence-corrected chi connectivity index (χ0v) is 13.2. The van der Waals surface area contributed by atoms with Gasteiger partial charge in [-0.3, -0.25) is 19.8 Å². The van der Waals surface area contributed by atoms with Crippen LogP contribution in [0.2, 0.25) is 0 Å². The minimum Gasteiger partial charge on any atom is -0.298 e. The van der Waals surface area contributed by atoms with Gasteiger partial charge in [0, 0.05) is 22.7 Å². The van der Waals surface area contributed by atoms with E-state index in [1.54, 1.807) is 18.4 Å². The highest BCUT2D eigenvalue weighted by Crippen LogP contribution is 2.35. The van der Waals surface area contributed by atoms with Crippen LogP contribution in [-0.4, -0.2) is 29.8 Å². The average Bonchev–Trinajstić information content (AvgIpc) is 2.93. The van der Waals surface area contributed by atoms with Gasteiger partial charge in [-0.2, -0.15) is 0 Å². The summed E-state index contributed by atoms with van der Waals surface area (Å²) in [5, 5.41) is 4.57. The molecule has 2 unspecified atom stereocenters. The minimum atomic E-state index is -0.401. The van der Waals surface area contributed by atoms with Gasteiger partial charge in [-0.15, -0.1) is 11.3 Å². The van der Waals surface area contributed by atoms with E-state index in [1.807, 2.05) is 19.1 Å². The van der Waals surface area contributed by atoms with Crippen molar-refractivity contribution in [3.63, 3.8) is 0 Å². The van der Waals surface area contributed by atoms with Gasteiger partial charge in [-0.05, 0) is 30.9 Å². The number of fused-ring (bicyclic) bond motifs is 1. The normalized spacial score (nSPS) is 20.5. The first-order valence-electron chi connectivity index (χ1n) is 7.03. The summed E-state index contributed by atoms with van der Waals surface area (Å²) in [5.41, 5.74) is 1.25. The summed E-state index contributed by atoms with van der Waals surface area (Å²) in [6.45, 7) is 4.16. The van der Waals surface area contributed by atoms with Gasteiger partial charge >= 0.3 is 0 Å². The van der Waals surface area contributed by atoms with Gasteiger partial charge in [-0.1, -0.05) is 18.2 Å². The van der Waals surface area contributed by atoms with Crippen LogP contribution in [0.15, 0.2) is 24.3 Å². The molecule has 2 amide bonds. The molecule has 1 aliphatic rings. The largest absolute Gasteiger partial charge is 0.298 e. The van der Waals surface area contributed by atoms with E-state index in [9.17, 15) is 9.59 Å². The third-order valence-electron chi connectivity index (χ3n) is 4.11. The van der Waals surface area contributed by atoms with Crippen LogP contribution in [0.5, 0.6) is 0 Å². The number of nitrogens with one attached hydrogen (secondary N) is 1. The number of rotatable bonds is 3. The Morgan fingerprint density at radius 3 is 2.67 bits per heavy atom. The summed E-state index contributed by atoms with van der Waals surface area (Å²) < 4.78 is 1.25. The van der Waals surface area contributed by atoms with Crippen molar-refractivity contribution in [1.29, 1.82) is 0 Å². The van der Waals surface area contributed by atoms with Gasteiger partial charge < -0.3 is 0 Å². The van der Waals surface area contributed by atoms with Crippen molar-refractivity contribution in [2.45, 2.75) is 32.4 Å². The van der Waals surface area contributed by atoms with E-state index in [1.165, 1.54) is 25.4 Å². The van der Waals surface area contributed by atoms with Crippen molar-refractivity contribution >= 4 is 33.2 Å². The van der Waals surface area contributed by atoms with Crippen LogP contribution < -0.4 is 5.32 Å². The highest BCUT2D eigenvalue weighted by Gasteiger charge is 2.36. The fraction of sp³-hybridized carbons (Fsp3) is 0.375. The molecule has 1 saturated heterocycles. The molecule has 0 radical (unpaired) electrons. The molecule has 1 aliphatic heterocycles. The average molecular weight is 302 g/mol. The number of likely N-dealkylation sites (N-methyl/N-ethyl adjacent to an activating group) is 1. The van der Waals surface area contributed by atoms with Gasteiger partial charge in [0.15, 0.2) is 0 Å². The molecule has 1 aromatic heterocycles. The maximum Gasteiger partial charge on any atom is 0.246 e. The first-order valence-corrected chi connectivity index (χ1v) is 7.85. The Kier molecular flexibility index (Phi) is 3.55. The SMILES string of the molecule is Cc1c(C(C)NC2CC(=O)N(C)C2=O)sc2ccccc12. The Bertz CT molecular complexity index is 722. The third-order valence-corrected chi connectivity index (χ3v) is 5.56. The third kappa shape index (κ3) is 2.36. The Morgan fingerprint density at radius 2 is 2.05 bits per heavy atom. The molecule has 1 N–H and O–H groups in total. The second-order valence-corrected chi connectivity index (χ2v) is 6.61. The Labute approximate surface area is 127 Å². The number of aryl methyl sites for hydroxylation is 1. The van der Waals surface area contributed by atoms with Crippen LogP contribution in [0.4, 0.5) is 0 Å². The van der Waals surface area contributed by atoms with Crippen LogP contribution >= 0.6 is 11.3 Å². The fourth-order valence-corrected chi connectivity index (χ4v) is 4.09. The van der Waals surface area contributed by atoms with E-state index in [2.05, 4.69) is 24.4 Å². The van der Waals surface area contributed by atoms with Gasteiger partial charge in [0.05, 0.1) is 12.5 Å². The van der Waals surface area contributed by atoms with Crippen LogP contribution in [-0.2, 0) is 9.59 Å². The molecule has 0 bridgehead atoms. The molecular formula is C16H18N2O2S. The van der Waals surface area contributed by atoms with Gasteiger partial charge in [0.25, 0.3) is 0 Å². The quantitative estimate of drug-likeness (QED) is 0.887. The zero-order chi connectivity index (χ0) is 15.1. The number of amides is 2. The van der Waals surface area contributed by atoms with Crippen LogP contribution in [0.25, 0.3) is 10.1 Å². The zero-order valence-electron chi connectivity index (χ0n) is 12.3. The number of carbonyl (C=O) groups is 2. The Hall–Kier alpha value is -1.72. The predicted molar refractivity (Wildman–Crippen MR) is 84.3 cm³/mol. The first-order chi connectivity index (χ1) is 9.99. The molecule has 4 nitrogen and oxygen atoms in total. The monoisotopic (exact) mass is 302 g/mol. The van der Waals surface area contributed by atoms with Gasteiger partial charge in [-0.25, -0.2) is 0 Å². The van der Waals surface area contributed by atoms with Gasteiger partial charge in [0.1, 0.15) is 0 Å². The lowest BCUT2D eigenvalue weighted by molar-refractivity contribution is -0.137. The predicted octanol–water partition coefficient (Wildman–Crippen LogP) is 2.62. The summed E-state index contributed by atoms with van der Waals surface area (Å²) >= 11 is 1.75. The smallest absolute Gasteiger partial charge is 0.246 e. The molecule has 2 atom stereocenters. The van der Waals surface area contributed by atoms with Crippen molar-refractivity contribution in [2.24, 2.45) is 0 Å². The number of hydrogen-bond acceptors (Lipinski definition) is 4. The van der Waals surface area contributed by atoms with E-state index in [4.69, 9.17) is 0 Å². The summed E-state index contributed by atoms with van der Waals surface area (Å²) in [4.78, 5) is 26.0. The number of imide groups is 1. The molecule has 3 rings (SSSR count). The molecule has 1 fully saturated rings. The summed E-state index contributed by atoms with van der Waals surface area (Å²) in [5.74, 6) is -0.247. The van der Waals surface area contributed by atoms with E-state index < -0.39 is 6.04 Å². The Morgan fingerprint density at radius 1 is 1.33 bits per heavy atom. The van der Waals surface area contributed by atoms with Crippen molar-refractivity contribution < 1.29 is 9.59 Å². The molecular weight excluding hydrogens is 284 g/mol. The van der Waals surface area contributed by atoms with E-state index >= 15 is 0 Å². The molecule has 0 spiro atoms. The summed E-state index contributed by atoms with van der Waals surface area (Å²) in [7, 11) is 1.54. The van der Waals surface area contributed by atoms with Crippen molar-refractivity contribution in [1.82, 2.24) is 10.2 Å². The molecule has 21 heavy (non-hydrogen) atoms. The molecule has 0 saturated carbocycles. The maximum absolute atomic E-state index is 12.0. The molecule has 2 aromatic rings. The lowest BCUT2D eigenvalue weighted by Crippen LogP contribution is -2.38. The number of thiophene rings is 1. The number of benzene rings is 1. The summed E-state index contributed by atoms with van der Waals surface area (Å²) in [6, 6.07) is 7.96. The number of likely N-dealkylation sites (tertiary alicyclic amines) is 1. The topological polar surface area (TPSA) is 49.4 Å². The van der Waals surface area contributed by atoms with Crippen LogP contribution in [0, 0.1) is 6.92 Å². The molecule has 0 aliphatic carbocycles. The van der Waals surface area contributed by atoms with Crippen molar-refractivity contribution in [3.8, 4) is 0 Å². The van der Waals surface area contributed by atoms with E-state index in [-0.39, 0.29) is 24.3 Å². The number of nitrogens with zero attached hydrogens (tertiary/aromatic N) is 1. The fourth-order valence-electron chi connectivity index (χ4n) is 2.87. The molecule has 2 heterocycles. The highest BCUT2D eigenvalue weighted by atomic mass is 32.1. The van der Waals surface area contributed by atoms with Crippen LogP contribution in [0.3, 0.4) is 0 Å². The summed E-state index contributed by atoms with van der Waals surface area (Å²) in [6.07, 6.45) is 0.254. The second kappa shape index (κ2) is 5.24. The molecule has 110 valence electrons. The van der Waals surface area contributed by atoms with Crippen molar-refractivity contribution in [2.75, 3.05) is 7.05 Å². The van der Waals surface area contributed by atoms with Crippen molar-refractivity contribution in [3.05, 3.63) is 34.7 Å². The molecule has 5 heteroatoms. The first kappa shape index (κ1) is 14.2.